The van der Waals surface area contributed by atoms with Gasteiger partial charge in [-0.25, -0.2) is 0 Å². The zero-order chi connectivity index (χ0) is 7.15. The van der Waals surface area contributed by atoms with Gasteiger partial charge in [-0.3, -0.25) is 0 Å². The molecule has 0 N–H and O–H groups in total. The van der Waals surface area contributed by atoms with E-state index >= 15 is 0 Å². The Kier molecular flexibility index (Phi) is 36.5. The molecule has 8 heteroatoms. The first kappa shape index (κ1) is 22.4. The molecule has 0 aromatic carbocycles. The van der Waals surface area contributed by atoms with Crippen molar-refractivity contribution < 1.29 is 52.4 Å². The summed E-state index contributed by atoms with van der Waals surface area (Å²) in [6.07, 6.45) is -4.67. The Labute approximate surface area is 101 Å². The molecule has 0 amide bonds. The second-order valence-electron chi connectivity index (χ2n) is 0.500. The Bertz CT molecular complexity index is 73.7. The van der Waals surface area contributed by atoms with Gasteiger partial charge in [-0.2, -0.15) is 0 Å². The molecule has 0 spiro atoms. The average Bonchev–Trinajstić information content (AvgIpc) is 1.25. The zero-order valence-electron chi connectivity index (χ0n) is 4.46. The van der Waals surface area contributed by atoms with E-state index in [2.05, 4.69) is 0 Å². The third kappa shape index (κ3) is 1660. The van der Waals surface area contributed by atoms with E-state index in [1.54, 1.807) is 0 Å². The first-order valence-electron chi connectivity index (χ1n) is 1.22. The van der Waals surface area contributed by atoms with Crippen molar-refractivity contribution >= 4 is 50.0 Å². The molecule has 10 heavy (non-hydrogen) atoms. The molecule has 0 unspecified atom stereocenters. The summed E-state index contributed by atoms with van der Waals surface area (Å²) in [6, 6.07) is 0. The zero-order valence-corrected chi connectivity index (χ0v) is 8.15. The van der Waals surface area contributed by atoms with E-state index in [1.165, 1.54) is 0 Å². The van der Waals surface area contributed by atoms with E-state index in [0.717, 1.165) is 0 Å². The SMILES string of the molecule is O=C([O-])[O-].O=C([O-])[O-].[Ag].[Ca+2]. The first-order valence-corrected chi connectivity index (χ1v) is 1.22. The van der Waals surface area contributed by atoms with Gasteiger partial charge < -0.3 is 30.0 Å². The maximum atomic E-state index is 8.33. The molecular formula is C2AgCaO6-2. The molecule has 0 bridgehead atoms. The molecule has 0 heterocycles. The van der Waals surface area contributed by atoms with Crippen LogP contribution in [0.1, 0.15) is 0 Å². The summed E-state index contributed by atoms with van der Waals surface area (Å²) in [5.74, 6) is 0. The molecule has 1 radical (unpaired) electrons. The van der Waals surface area contributed by atoms with Gasteiger partial charge in [0.25, 0.3) is 0 Å². The van der Waals surface area contributed by atoms with Gasteiger partial charge in [0.15, 0.2) is 0 Å². The van der Waals surface area contributed by atoms with Crippen molar-refractivity contribution in [2.45, 2.75) is 0 Å². The molecule has 0 saturated heterocycles. The van der Waals surface area contributed by atoms with Crippen LogP contribution in [0.25, 0.3) is 0 Å². The molecular weight excluding hydrogens is 268 g/mol. The predicted octanol–water partition coefficient (Wildman–Crippen LogP) is -5.28. The van der Waals surface area contributed by atoms with Crippen LogP contribution < -0.4 is 20.4 Å². The number of hydrogen-bond donors (Lipinski definition) is 0. The van der Waals surface area contributed by atoms with Crippen LogP contribution in [0.3, 0.4) is 0 Å². The van der Waals surface area contributed by atoms with Crippen LogP contribution >= 0.6 is 0 Å². The third-order valence-electron chi connectivity index (χ3n) is 0. The van der Waals surface area contributed by atoms with E-state index in [-0.39, 0.29) is 60.1 Å². The standard InChI is InChI=1S/2CH2O3.Ag.Ca/c2*2-1(3)4;;/h2*(H2,2,3,4);;/q;;;+2/p-4. The van der Waals surface area contributed by atoms with Crippen LogP contribution in [0.15, 0.2) is 0 Å². The molecule has 0 rings (SSSR count). The second kappa shape index (κ2) is 16.3. The minimum absolute atomic E-state index is 0. The number of carboxylic acid groups (broad SMARTS) is 4. The van der Waals surface area contributed by atoms with Crippen LogP contribution in [-0.2, 0) is 22.4 Å². The second-order valence-corrected chi connectivity index (χ2v) is 0.500. The monoisotopic (exact) mass is 267 g/mol. The fraction of sp³-hybridized carbons (Fsp3) is 0. The molecule has 0 aliphatic heterocycles. The topological polar surface area (TPSA) is 126 Å². The van der Waals surface area contributed by atoms with E-state index in [4.69, 9.17) is 30.0 Å². The summed E-state index contributed by atoms with van der Waals surface area (Å²) >= 11 is 0. The van der Waals surface area contributed by atoms with Gasteiger partial charge in [0.1, 0.15) is 0 Å². The molecule has 0 aliphatic rings. The average molecular weight is 268 g/mol. The van der Waals surface area contributed by atoms with Crippen molar-refractivity contribution in [1.29, 1.82) is 0 Å². The van der Waals surface area contributed by atoms with Crippen molar-refractivity contribution in [1.82, 2.24) is 0 Å². The van der Waals surface area contributed by atoms with Gasteiger partial charge in [-0.05, 0) is 12.3 Å². The summed E-state index contributed by atoms with van der Waals surface area (Å²) in [5, 5.41) is 33.3. The van der Waals surface area contributed by atoms with Crippen molar-refractivity contribution in [2.24, 2.45) is 0 Å². The fourth-order valence-corrected chi connectivity index (χ4v) is 0. The van der Waals surface area contributed by atoms with E-state index in [1.807, 2.05) is 0 Å². The summed E-state index contributed by atoms with van der Waals surface area (Å²) in [5.41, 5.74) is 0. The van der Waals surface area contributed by atoms with Gasteiger partial charge in [-0.15, -0.1) is 0 Å². The summed E-state index contributed by atoms with van der Waals surface area (Å²) in [7, 11) is 0. The summed E-state index contributed by atoms with van der Waals surface area (Å²) < 4.78 is 0. The smallest absolute Gasteiger partial charge is 0.652 e. The molecule has 0 fully saturated rings. The molecule has 0 aromatic rings. The van der Waals surface area contributed by atoms with Crippen LogP contribution in [-0.4, -0.2) is 50.0 Å². The van der Waals surface area contributed by atoms with E-state index in [0.29, 0.717) is 0 Å². The van der Waals surface area contributed by atoms with Crippen LogP contribution in [0.2, 0.25) is 0 Å². The van der Waals surface area contributed by atoms with Gasteiger partial charge in [0, 0.05) is 22.4 Å². The minimum Gasteiger partial charge on any atom is -0.652 e. The Hall–Kier alpha value is 0.540. The quantitative estimate of drug-likeness (QED) is 0.404. The largest absolute Gasteiger partial charge is 2.00 e. The number of hydrogen-bond acceptors (Lipinski definition) is 6. The third-order valence-corrected chi connectivity index (χ3v) is 0. The normalized spacial score (nSPS) is 4.80. The summed E-state index contributed by atoms with van der Waals surface area (Å²) in [4.78, 5) is 16.7. The maximum absolute atomic E-state index is 8.33. The van der Waals surface area contributed by atoms with Gasteiger partial charge in [0.05, 0.1) is 0 Å². The Morgan fingerprint density at radius 3 is 0.800 bits per heavy atom. The van der Waals surface area contributed by atoms with Crippen LogP contribution in [0.5, 0.6) is 0 Å². The minimum atomic E-state index is -2.33. The Balaban J connectivity index is -0.0000000300. The van der Waals surface area contributed by atoms with Crippen molar-refractivity contribution in [3.63, 3.8) is 0 Å². The Morgan fingerprint density at radius 1 is 0.800 bits per heavy atom. The number of carbonyl (C=O) groups is 2. The molecule has 0 aromatic heterocycles. The molecule has 0 saturated carbocycles. The van der Waals surface area contributed by atoms with Gasteiger partial charge in [-0.1, -0.05) is 0 Å². The fourth-order valence-electron chi connectivity index (χ4n) is 0. The predicted molar refractivity (Wildman–Crippen MR) is 16.5 cm³/mol. The first-order chi connectivity index (χ1) is 3.46. The molecule has 6 nitrogen and oxygen atoms in total. The summed E-state index contributed by atoms with van der Waals surface area (Å²) in [6.45, 7) is 0. The molecule has 0 atom stereocenters. The maximum Gasteiger partial charge on any atom is 2.00 e. The van der Waals surface area contributed by atoms with Crippen LogP contribution in [0.4, 0.5) is 9.59 Å². The Morgan fingerprint density at radius 2 is 0.800 bits per heavy atom. The van der Waals surface area contributed by atoms with E-state index < -0.39 is 12.3 Å². The number of rotatable bonds is 0. The van der Waals surface area contributed by atoms with Crippen molar-refractivity contribution in [3.8, 4) is 0 Å². The molecule has 0 aliphatic carbocycles. The van der Waals surface area contributed by atoms with Crippen LogP contribution in [0, 0.1) is 0 Å². The van der Waals surface area contributed by atoms with Crippen molar-refractivity contribution in [2.75, 3.05) is 0 Å². The molecule has 59 valence electrons. The van der Waals surface area contributed by atoms with Crippen molar-refractivity contribution in [3.05, 3.63) is 0 Å². The number of carbonyl (C=O) groups excluding carboxylic acids is 2. The van der Waals surface area contributed by atoms with Gasteiger partial charge in [0.2, 0.25) is 0 Å². The van der Waals surface area contributed by atoms with E-state index in [9.17, 15) is 0 Å². The van der Waals surface area contributed by atoms with Gasteiger partial charge >= 0.3 is 37.7 Å².